The van der Waals surface area contributed by atoms with Crippen molar-refractivity contribution in [1.29, 1.82) is 0 Å². The van der Waals surface area contributed by atoms with Crippen LogP contribution in [0.25, 0.3) is 0 Å². The number of rotatable bonds is 4. The van der Waals surface area contributed by atoms with Crippen LogP contribution in [-0.4, -0.2) is 35.6 Å². The Morgan fingerprint density at radius 3 is 2.74 bits per heavy atom. The average molecular weight is 321 g/mol. The molecule has 0 fully saturated rings. The van der Waals surface area contributed by atoms with Gasteiger partial charge in [-0.2, -0.15) is 0 Å². The summed E-state index contributed by atoms with van der Waals surface area (Å²) >= 11 is 0. The summed E-state index contributed by atoms with van der Waals surface area (Å²) in [6.07, 6.45) is -0.484. The van der Waals surface area contributed by atoms with E-state index >= 15 is 0 Å². The molecule has 0 heterocycles. The van der Waals surface area contributed by atoms with E-state index in [4.69, 9.17) is 9.47 Å². The van der Waals surface area contributed by atoms with Gasteiger partial charge in [0.05, 0.1) is 24.9 Å². The second-order valence-corrected chi connectivity index (χ2v) is 7.25. The van der Waals surface area contributed by atoms with E-state index < -0.39 is 17.8 Å². The Morgan fingerprint density at radius 1 is 1.43 bits per heavy atom. The SMILES string of the molecule is Cc1ccc2c(c1)C[C@@H](OC[C@H](C)O)C2NC(=O)OC(C)(C)C. The van der Waals surface area contributed by atoms with Crippen LogP contribution in [0.3, 0.4) is 0 Å². The number of aliphatic hydroxyl groups excluding tert-OH is 1. The van der Waals surface area contributed by atoms with Gasteiger partial charge in [0.2, 0.25) is 0 Å². The molecule has 0 bridgehead atoms. The predicted molar refractivity (Wildman–Crippen MR) is 88.4 cm³/mol. The van der Waals surface area contributed by atoms with E-state index in [-0.39, 0.29) is 18.8 Å². The van der Waals surface area contributed by atoms with Gasteiger partial charge in [0.1, 0.15) is 5.60 Å². The lowest BCUT2D eigenvalue weighted by Crippen LogP contribution is -2.39. The average Bonchev–Trinajstić information content (AvgIpc) is 2.71. The number of hydrogen-bond acceptors (Lipinski definition) is 4. The van der Waals surface area contributed by atoms with Crippen LogP contribution in [0.1, 0.15) is 50.4 Å². The highest BCUT2D eigenvalue weighted by atomic mass is 16.6. The van der Waals surface area contributed by atoms with Crippen molar-refractivity contribution >= 4 is 6.09 Å². The Balaban J connectivity index is 2.15. The summed E-state index contributed by atoms with van der Waals surface area (Å²) in [7, 11) is 0. The van der Waals surface area contributed by atoms with Gasteiger partial charge in [-0.3, -0.25) is 0 Å². The molecule has 1 aliphatic rings. The maximum Gasteiger partial charge on any atom is 0.408 e. The molecule has 5 heteroatoms. The zero-order valence-electron chi connectivity index (χ0n) is 14.6. The topological polar surface area (TPSA) is 67.8 Å². The molecule has 23 heavy (non-hydrogen) atoms. The largest absolute Gasteiger partial charge is 0.444 e. The first-order chi connectivity index (χ1) is 10.7. The van der Waals surface area contributed by atoms with Crippen molar-refractivity contribution in [3.8, 4) is 0 Å². The summed E-state index contributed by atoms with van der Waals surface area (Å²) < 4.78 is 11.2. The minimum atomic E-state index is -0.547. The van der Waals surface area contributed by atoms with Gasteiger partial charge in [-0.1, -0.05) is 23.8 Å². The van der Waals surface area contributed by atoms with Crippen molar-refractivity contribution < 1.29 is 19.4 Å². The minimum absolute atomic E-state index is 0.200. The number of fused-ring (bicyclic) bond motifs is 1. The number of nitrogens with one attached hydrogen (secondary N) is 1. The van der Waals surface area contributed by atoms with Gasteiger partial charge in [0.25, 0.3) is 0 Å². The molecule has 0 saturated heterocycles. The van der Waals surface area contributed by atoms with Gasteiger partial charge in [0, 0.05) is 6.42 Å². The van der Waals surface area contributed by atoms with Gasteiger partial charge in [-0.05, 0) is 45.7 Å². The quantitative estimate of drug-likeness (QED) is 0.895. The second-order valence-electron chi connectivity index (χ2n) is 7.25. The van der Waals surface area contributed by atoms with Crippen molar-refractivity contribution in [3.05, 3.63) is 34.9 Å². The molecule has 0 radical (unpaired) electrons. The van der Waals surface area contributed by atoms with E-state index in [1.165, 1.54) is 11.1 Å². The fourth-order valence-corrected chi connectivity index (χ4v) is 2.77. The van der Waals surface area contributed by atoms with E-state index in [1.54, 1.807) is 6.92 Å². The van der Waals surface area contributed by atoms with Crippen LogP contribution in [0.2, 0.25) is 0 Å². The van der Waals surface area contributed by atoms with Gasteiger partial charge < -0.3 is 19.9 Å². The third-order valence-corrected chi connectivity index (χ3v) is 3.65. The van der Waals surface area contributed by atoms with Crippen LogP contribution < -0.4 is 5.32 Å². The normalized spacial score (nSPS) is 21.7. The molecule has 3 atom stereocenters. The maximum atomic E-state index is 12.1. The number of aryl methyl sites for hydroxylation is 1. The number of alkyl carbamates (subject to hydrolysis) is 1. The molecule has 1 amide bonds. The Morgan fingerprint density at radius 2 is 2.13 bits per heavy atom. The standard InChI is InChI=1S/C18H27NO4/c1-11-6-7-14-13(8-11)9-15(22-10-12(2)20)16(14)19-17(21)23-18(3,4)5/h6-8,12,15-16,20H,9-10H2,1-5H3,(H,19,21)/t12-,15+,16?/m0/s1. The lowest BCUT2D eigenvalue weighted by Gasteiger charge is -2.25. The molecule has 5 nitrogen and oxygen atoms in total. The summed E-state index contributed by atoms with van der Waals surface area (Å²) in [6, 6.07) is 5.90. The van der Waals surface area contributed by atoms with Crippen molar-refractivity contribution in [2.75, 3.05) is 6.61 Å². The third-order valence-electron chi connectivity index (χ3n) is 3.65. The second kappa shape index (κ2) is 6.89. The minimum Gasteiger partial charge on any atom is -0.444 e. The van der Waals surface area contributed by atoms with E-state index in [9.17, 15) is 9.90 Å². The van der Waals surface area contributed by atoms with Crippen molar-refractivity contribution in [2.24, 2.45) is 0 Å². The first kappa shape index (κ1) is 17.8. The highest BCUT2D eigenvalue weighted by Crippen LogP contribution is 2.34. The Kier molecular flexibility index (Phi) is 5.32. The molecular formula is C18H27NO4. The first-order valence-electron chi connectivity index (χ1n) is 8.04. The molecular weight excluding hydrogens is 294 g/mol. The zero-order chi connectivity index (χ0) is 17.2. The highest BCUT2D eigenvalue weighted by molar-refractivity contribution is 5.69. The molecule has 128 valence electrons. The fourth-order valence-electron chi connectivity index (χ4n) is 2.77. The number of hydrogen-bond donors (Lipinski definition) is 2. The molecule has 0 spiro atoms. The van der Waals surface area contributed by atoms with E-state index in [0.717, 1.165) is 5.56 Å². The highest BCUT2D eigenvalue weighted by Gasteiger charge is 2.35. The van der Waals surface area contributed by atoms with Gasteiger partial charge in [-0.25, -0.2) is 4.79 Å². The predicted octanol–water partition coefficient (Wildman–Crippen LogP) is 2.88. The summed E-state index contributed by atoms with van der Waals surface area (Å²) in [6.45, 7) is 9.47. The number of benzene rings is 1. The summed E-state index contributed by atoms with van der Waals surface area (Å²) in [5.41, 5.74) is 2.85. The van der Waals surface area contributed by atoms with E-state index in [2.05, 4.69) is 11.4 Å². The van der Waals surface area contributed by atoms with Gasteiger partial charge in [0.15, 0.2) is 0 Å². The van der Waals surface area contributed by atoms with Gasteiger partial charge in [-0.15, -0.1) is 0 Å². The molecule has 1 aromatic rings. The molecule has 2 rings (SSSR count). The fraction of sp³-hybridized carbons (Fsp3) is 0.611. The van der Waals surface area contributed by atoms with E-state index in [0.29, 0.717) is 6.42 Å². The molecule has 0 aliphatic heterocycles. The number of aliphatic hydroxyl groups is 1. The lowest BCUT2D eigenvalue weighted by molar-refractivity contribution is -0.0169. The number of carbonyl (C=O) groups is 1. The van der Waals surface area contributed by atoms with Crippen molar-refractivity contribution in [3.63, 3.8) is 0 Å². The summed E-state index contributed by atoms with van der Waals surface area (Å²) in [5, 5.41) is 12.4. The first-order valence-corrected chi connectivity index (χ1v) is 8.04. The monoisotopic (exact) mass is 321 g/mol. The molecule has 1 aliphatic carbocycles. The molecule has 2 N–H and O–H groups in total. The van der Waals surface area contributed by atoms with Crippen LogP contribution in [0, 0.1) is 6.92 Å². The summed E-state index contributed by atoms with van der Waals surface area (Å²) in [4.78, 5) is 12.1. The van der Waals surface area contributed by atoms with Crippen LogP contribution >= 0.6 is 0 Å². The maximum absolute atomic E-state index is 12.1. The number of amides is 1. The third kappa shape index (κ3) is 4.94. The van der Waals surface area contributed by atoms with Crippen molar-refractivity contribution in [1.82, 2.24) is 5.32 Å². The van der Waals surface area contributed by atoms with Crippen LogP contribution in [-0.2, 0) is 15.9 Å². The van der Waals surface area contributed by atoms with Crippen molar-refractivity contribution in [2.45, 2.75) is 64.9 Å². The number of carbonyl (C=O) groups excluding carboxylic acids is 1. The lowest BCUT2D eigenvalue weighted by atomic mass is 10.1. The Labute approximate surface area is 138 Å². The van der Waals surface area contributed by atoms with Crippen LogP contribution in [0.4, 0.5) is 4.79 Å². The Bertz CT molecular complexity index is 563. The zero-order valence-corrected chi connectivity index (χ0v) is 14.6. The number of ether oxygens (including phenoxy) is 2. The molecule has 1 unspecified atom stereocenters. The Hall–Kier alpha value is -1.59. The molecule has 1 aromatic carbocycles. The van der Waals surface area contributed by atoms with E-state index in [1.807, 2.05) is 39.8 Å². The van der Waals surface area contributed by atoms with Gasteiger partial charge >= 0.3 is 6.09 Å². The molecule has 0 saturated carbocycles. The smallest absolute Gasteiger partial charge is 0.408 e. The van der Waals surface area contributed by atoms with Crippen LogP contribution in [0.5, 0.6) is 0 Å². The van der Waals surface area contributed by atoms with Crippen LogP contribution in [0.15, 0.2) is 18.2 Å². The molecule has 0 aromatic heterocycles. The summed E-state index contributed by atoms with van der Waals surface area (Å²) in [5.74, 6) is 0.